The van der Waals surface area contributed by atoms with Crippen LogP contribution in [0.15, 0.2) is 37.1 Å². The predicted octanol–water partition coefficient (Wildman–Crippen LogP) is 1.58. The number of carbonyl (C=O) groups is 1. The van der Waals surface area contributed by atoms with Crippen LogP contribution in [-0.4, -0.2) is 49.2 Å². The van der Waals surface area contributed by atoms with Gasteiger partial charge in [-0.3, -0.25) is 4.79 Å². The molecule has 1 aromatic rings. The lowest BCUT2D eigenvalue weighted by atomic mass is 10.1. The van der Waals surface area contributed by atoms with E-state index in [2.05, 4.69) is 11.9 Å². The molecule has 0 saturated carbocycles. The molecule has 0 aliphatic rings. The third-order valence-electron chi connectivity index (χ3n) is 3.17. The van der Waals surface area contributed by atoms with E-state index in [1.807, 2.05) is 6.92 Å². The summed E-state index contributed by atoms with van der Waals surface area (Å²) >= 11 is 0. The first-order valence-corrected chi connectivity index (χ1v) is 9.55. The molecule has 0 fully saturated rings. The summed E-state index contributed by atoms with van der Waals surface area (Å²) in [5.41, 5.74) is 1.06. The van der Waals surface area contributed by atoms with Crippen molar-refractivity contribution in [3.8, 4) is 11.5 Å². The van der Waals surface area contributed by atoms with Crippen molar-refractivity contribution in [3.05, 3.63) is 42.7 Å². The highest BCUT2D eigenvalue weighted by Crippen LogP contribution is 2.28. The Labute approximate surface area is 147 Å². The predicted molar refractivity (Wildman–Crippen MR) is 95.9 cm³/mol. The van der Waals surface area contributed by atoms with Crippen molar-refractivity contribution in [3.63, 3.8) is 0 Å². The van der Waals surface area contributed by atoms with E-state index in [-0.39, 0.29) is 23.9 Å². The van der Waals surface area contributed by atoms with Crippen molar-refractivity contribution in [1.29, 1.82) is 0 Å². The Morgan fingerprint density at radius 1 is 1.32 bits per heavy atom. The number of phenolic OH excluding ortho intramolecular Hbond substituents is 2. The fourth-order valence-electron chi connectivity index (χ4n) is 1.85. The SMILES string of the molecule is C=C/C(=C\OCCS(=O)(=O)CC(=O)NCCC)c1ccc(O)c(O)c1. The summed E-state index contributed by atoms with van der Waals surface area (Å²) in [4.78, 5) is 11.4. The Morgan fingerprint density at radius 3 is 2.64 bits per heavy atom. The molecule has 0 bridgehead atoms. The number of carbonyl (C=O) groups excluding carboxylic acids is 1. The first-order chi connectivity index (χ1) is 11.8. The third-order valence-corrected chi connectivity index (χ3v) is 4.67. The minimum atomic E-state index is -3.56. The van der Waals surface area contributed by atoms with Gasteiger partial charge >= 0.3 is 0 Å². The van der Waals surface area contributed by atoms with Gasteiger partial charge < -0.3 is 20.3 Å². The average molecular weight is 369 g/mol. The first kappa shape index (κ1) is 20.6. The lowest BCUT2D eigenvalue weighted by Crippen LogP contribution is -2.32. The number of aromatic hydroxyl groups is 2. The molecule has 3 N–H and O–H groups in total. The molecule has 7 nitrogen and oxygen atoms in total. The normalized spacial score (nSPS) is 11.8. The van der Waals surface area contributed by atoms with Crippen molar-refractivity contribution in [2.45, 2.75) is 13.3 Å². The molecule has 1 aromatic carbocycles. The van der Waals surface area contributed by atoms with Gasteiger partial charge in [0.1, 0.15) is 12.4 Å². The third kappa shape index (κ3) is 7.30. The zero-order valence-electron chi connectivity index (χ0n) is 14.1. The van der Waals surface area contributed by atoms with Gasteiger partial charge in [0.05, 0.1) is 12.0 Å². The van der Waals surface area contributed by atoms with Crippen LogP contribution in [0.1, 0.15) is 18.9 Å². The number of nitrogens with one attached hydrogen (secondary N) is 1. The Balaban J connectivity index is 2.58. The van der Waals surface area contributed by atoms with Crippen LogP contribution in [0, 0.1) is 0 Å². The minimum absolute atomic E-state index is 0.120. The topological polar surface area (TPSA) is 113 Å². The van der Waals surface area contributed by atoms with Crippen LogP contribution in [0.2, 0.25) is 0 Å². The van der Waals surface area contributed by atoms with E-state index < -0.39 is 21.5 Å². The van der Waals surface area contributed by atoms with Gasteiger partial charge in [-0.15, -0.1) is 0 Å². The van der Waals surface area contributed by atoms with Gasteiger partial charge in [-0.25, -0.2) is 8.42 Å². The van der Waals surface area contributed by atoms with Gasteiger partial charge in [-0.1, -0.05) is 25.6 Å². The molecule has 1 rings (SSSR count). The van der Waals surface area contributed by atoms with Crippen molar-refractivity contribution in [2.24, 2.45) is 0 Å². The second-order valence-electron chi connectivity index (χ2n) is 5.29. The highest BCUT2D eigenvalue weighted by atomic mass is 32.2. The summed E-state index contributed by atoms with van der Waals surface area (Å²) < 4.78 is 28.9. The van der Waals surface area contributed by atoms with Crippen LogP contribution in [0.5, 0.6) is 11.5 Å². The summed E-state index contributed by atoms with van der Waals surface area (Å²) in [5, 5.41) is 21.3. The van der Waals surface area contributed by atoms with Gasteiger partial charge in [0.25, 0.3) is 0 Å². The molecular weight excluding hydrogens is 346 g/mol. The fraction of sp³-hybridized carbons (Fsp3) is 0.353. The zero-order chi connectivity index (χ0) is 18.9. The molecule has 138 valence electrons. The highest BCUT2D eigenvalue weighted by Gasteiger charge is 2.16. The molecule has 8 heteroatoms. The lowest BCUT2D eigenvalue weighted by Gasteiger charge is -2.07. The van der Waals surface area contributed by atoms with Crippen LogP contribution in [0.4, 0.5) is 0 Å². The molecule has 0 aliphatic carbocycles. The highest BCUT2D eigenvalue weighted by molar-refractivity contribution is 7.92. The molecule has 0 aliphatic heterocycles. The van der Waals surface area contributed by atoms with E-state index in [0.29, 0.717) is 17.7 Å². The Bertz CT molecular complexity index is 740. The van der Waals surface area contributed by atoms with Gasteiger partial charge in [0, 0.05) is 12.1 Å². The number of rotatable bonds is 10. The number of benzene rings is 1. The Hall–Kier alpha value is -2.48. The van der Waals surface area contributed by atoms with Gasteiger partial charge in [-0.05, 0) is 24.1 Å². The van der Waals surface area contributed by atoms with E-state index in [0.717, 1.165) is 6.42 Å². The Kier molecular flexibility index (Phi) is 8.00. The van der Waals surface area contributed by atoms with E-state index in [1.165, 1.54) is 24.5 Å². The molecule has 1 amide bonds. The lowest BCUT2D eigenvalue weighted by molar-refractivity contribution is -0.118. The van der Waals surface area contributed by atoms with Crippen LogP contribution in [0.3, 0.4) is 0 Å². The molecule has 0 radical (unpaired) electrons. The summed E-state index contributed by atoms with van der Waals surface area (Å²) in [6.45, 7) is 5.82. The number of amides is 1. The van der Waals surface area contributed by atoms with Crippen molar-refractivity contribution in [1.82, 2.24) is 5.32 Å². The molecule has 0 aromatic heterocycles. The Morgan fingerprint density at radius 2 is 2.04 bits per heavy atom. The molecule has 25 heavy (non-hydrogen) atoms. The zero-order valence-corrected chi connectivity index (χ0v) is 14.9. The van der Waals surface area contributed by atoms with Crippen molar-refractivity contribution in [2.75, 3.05) is 24.7 Å². The van der Waals surface area contributed by atoms with Gasteiger partial charge in [0.15, 0.2) is 21.3 Å². The smallest absolute Gasteiger partial charge is 0.235 e. The monoisotopic (exact) mass is 369 g/mol. The van der Waals surface area contributed by atoms with E-state index >= 15 is 0 Å². The van der Waals surface area contributed by atoms with Crippen molar-refractivity contribution >= 4 is 21.3 Å². The number of ether oxygens (including phenoxy) is 1. The van der Waals surface area contributed by atoms with Crippen LogP contribution < -0.4 is 5.32 Å². The number of sulfone groups is 1. The molecule has 0 spiro atoms. The second-order valence-corrected chi connectivity index (χ2v) is 7.48. The molecule has 0 atom stereocenters. The largest absolute Gasteiger partial charge is 0.504 e. The van der Waals surface area contributed by atoms with E-state index in [4.69, 9.17) is 4.74 Å². The summed E-state index contributed by atoms with van der Waals surface area (Å²) in [6, 6.07) is 4.21. The van der Waals surface area contributed by atoms with Gasteiger partial charge in [0.2, 0.25) is 5.91 Å². The summed E-state index contributed by atoms with van der Waals surface area (Å²) in [7, 11) is -3.56. The van der Waals surface area contributed by atoms with Crippen LogP contribution in [-0.2, 0) is 19.4 Å². The quantitative estimate of drug-likeness (QED) is 0.250. The average Bonchev–Trinajstić information content (AvgIpc) is 2.55. The number of allylic oxidation sites excluding steroid dienone is 2. The fourth-order valence-corrected chi connectivity index (χ4v) is 2.84. The van der Waals surface area contributed by atoms with Crippen LogP contribution in [0.25, 0.3) is 5.57 Å². The maximum absolute atomic E-state index is 11.8. The van der Waals surface area contributed by atoms with Gasteiger partial charge in [-0.2, -0.15) is 0 Å². The molecule has 0 unspecified atom stereocenters. The molecule has 0 heterocycles. The molecule has 0 saturated heterocycles. The van der Waals surface area contributed by atoms with E-state index in [9.17, 15) is 23.4 Å². The first-order valence-electron chi connectivity index (χ1n) is 7.72. The van der Waals surface area contributed by atoms with E-state index in [1.54, 1.807) is 6.07 Å². The maximum Gasteiger partial charge on any atom is 0.235 e. The second kappa shape index (κ2) is 9.73. The number of hydrogen-bond donors (Lipinski definition) is 3. The standard InChI is InChI=1S/C17H23NO6S/c1-3-7-18-17(21)12-25(22,23)9-8-24-11-13(4-2)14-5-6-15(19)16(20)10-14/h4-6,10-11,19-20H,2-3,7-9,12H2,1H3,(H,18,21)/b13-11+. The summed E-state index contributed by atoms with van der Waals surface area (Å²) in [5.74, 6) is -1.93. The molecular formula is C17H23NO6S. The van der Waals surface area contributed by atoms with Crippen molar-refractivity contribution < 1.29 is 28.2 Å². The summed E-state index contributed by atoms with van der Waals surface area (Å²) in [6.07, 6.45) is 3.51. The minimum Gasteiger partial charge on any atom is -0.504 e. The number of hydrogen-bond acceptors (Lipinski definition) is 6. The van der Waals surface area contributed by atoms with Crippen LogP contribution >= 0.6 is 0 Å². The maximum atomic E-state index is 11.8. The number of phenols is 2.